The van der Waals surface area contributed by atoms with Crippen molar-refractivity contribution in [1.82, 2.24) is 0 Å². The first kappa shape index (κ1) is 10.0. The van der Waals surface area contributed by atoms with Crippen LogP contribution in [-0.2, 0) is 10.0 Å². The Balaban J connectivity index is 2.86. The van der Waals surface area contributed by atoms with Crippen molar-refractivity contribution in [1.29, 1.82) is 0 Å². The number of ether oxygens (including phenoxy) is 1. The van der Waals surface area contributed by atoms with Gasteiger partial charge < -0.3 is 9.15 Å². The number of sulfonamides is 1. The Morgan fingerprint density at radius 3 is 2.73 bits per heavy atom. The van der Waals surface area contributed by atoms with Crippen LogP contribution in [0.25, 0.3) is 11.0 Å². The van der Waals surface area contributed by atoms with E-state index in [-0.39, 0.29) is 10.5 Å². The average Bonchev–Trinajstić information content (AvgIpc) is 2.61. The number of hydrogen-bond acceptors (Lipinski definition) is 4. The first-order valence-electron chi connectivity index (χ1n) is 4.10. The lowest BCUT2D eigenvalue weighted by Crippen LogP contribution is -2.12. The van der Waals surface area contributed by atoms with E-state index in [1.54, 1.807) is 12.1 Å². The maximum absolute atomic E-state index is 11.3. The minimum atomic E-state index is -3.81. The van der Waals surface area contributed by atoms with Crippen molar-refractivity contribution in [3.8, 4) is 5.75 Å². The fourth-order valence-electron chi connectivity index (χ4n) is 1.35. The first-order chi connectivity index (χ1) is 7.02. The summed E-state index contributed by atoms with van der Waals surface area (Å²) in [5.41, 5.74) is 0.248. The van der Waals surface area contributed by atoms with E-state index in [4.69, 9.17) is 14.3 Å². The Labute approximate surface area is 86.5 Å². The van der Waals surface area contributed by atoms with Crippen LogP contribution < -0.4 is 9.88 Å². The summed E-state index contributed by atoms with van der Waals surface area (Å²) >= 11 is 0. The van der Waals surface area contributed by atoms with E-state index in [9.17, 15) is 8.42 Å². The van der Waals surface area contributed by atoms with Crippen LogP contribution in [0.4, 0.5) is 0 Å². The molecule has 0 atom stereocenters. The third-order valence-electron chi connectivity index (χ3n) is 2.03. The maximum atomic E-state index is 11.3. The van der Waals surface area contributed by atoms with Crippen molar-refractivity contribution in [2.24, 2.45) is 5.14 Å². The van der Waals surface area contributed by atoms with Crippen LogP contribution >= 0.6 is 0 Å². The van der Waals surface area contributed by atoms with Gasteiger partial charge in [0, 0.05) is 11.5 Å². The summed E-state index contributed by atoms with van der Waals surface area (Å²) < 4.78 is 32.6. The second kappa shape index (κ2) is 3.25. The van der Waals surface area contributed by atoms with Crippen molar-refractivity contribution in [3.05, 3.63) is 24.5 Å². The standard InChI is InChI=1S/C9H9NO4S/c1-13-7-4-6-2-3-14-9(6)8(5-7)15(10,11)12/h2-5H,1H3,(H2,10,11,12). The smallest absolute Gasteiger partial charge is 0.241 e. The third kappa shape index (κ3) is 1.69. The van der Waals surface area contributed by atoms with Gasteiger partial charge in [-0.25, -0.2) is 13.6 Å². The molecule has 5 nitrogen and oxygen atoms in total. The summed E-state index contributed by atoms with van der Waals surface area (Å²) in [6, 6.07) is 4.65. The molecule has 2 aromatic rings. The van der Waals surface area contributed by atoms with Crippen molar-refractivity contribution in [3.63, 3.8) is 0 Å². The average molecular weight is 227 g/mol. The molecule has 1 aromatic heterocycles. The molecule has 0 aliphatic rings. The second-order valence-corrected chi connectivity index (χ2v) is 4.54. The van der Waals surface area contributed by atoms with Crippen molar-refractivity contribution < 1.29 is 17.6 Å². The molecule has 0 radical (unpaired) electrons. The Morgan fingerprint density at radius 2 is 2.13 bits per heavy atom. The fourth-order valence-corrected chi connectivity index (χ4v) is 2.06. The molecule has 0 fully saturated rings. The summed E-state index contributed by atoms with van der Waals surface area (Å²) in [5, 5.41) is 5.70. The highest BCUT2D eigenvalue weighted by molar-refractivity contribution is 7.89. The summed E-state index contributed by atoms with van der Waals surface area (Å²) in [6.45, 7) is 0. The molecule has 0 aliphatic heterocycles. The molecule has 0 saturated heterocycles. The lowest BCUT2D eigenvalue weighted by atomic mass is 10.2. The van der Waals surface area contributed by atoms with E-state index < -0.39 is 10.0 Å². The summed E-state index contributed by atoms with van der Waals surface area (Å²) in [6.07, 6.45) is 1.40. The highest BCUT2D eigenvalue weighted by atomic mass is 32.2. The Morgan fingerprint density at radius 1 is 1.40 bits per heavy atom. The molecule has 2 N–H and O–H groups in total. The minimum Gasteiger partial charge on any atom is -0.497 e. The van der Waals surface area contributed by atoms with Crippen LogP contribution in [0.1, 0.15) is 0 Å². The number of nitrogens with two attached hydrogens (primary N) is 1. The van der Waals surface area contributed by atoms with Gasteiger partial charge >= 0.3 is 0 Å². The Hall–Kier alpha value is -1.53. The predicted molar refractivity (Wildman–Crippen MR) is 54.1 cm³/mol. The van der Waals surface area contributed by atoms with E-state index in [0.717, 1.165) is 0 Å². The molecule has 0 aliphatic carbocycles. The Kier molecular flexibility index (Phi) is 2.17. The molecule has 6 heteroatoms. The van der Waals surface area contributed by atoms with Crippen LogP contribution in [0, 0.1) is 0 Å². The Bertz CT molecular complexity index is 600. The van der Waals surface area contributed by atoms with Crippen molar-refractivity contribution >= 4 is 21.0 Å². The number of hydrogen-bond donors (Lipinski definition) is 1. The molecular formula is C9H9NO4S. The monoisotopic (exact) mass is 227 g/mol. The molecule has 80 valence electrons. The fraction of sp³-hybridized carbons (Fsp3) is 0.111. The summed E-state index contributed by atoms with van der Waals surface area (Å²) in [7, 11) is -2.35. The van der Waals surface area contributed by atoms with Gasteiger partial charge in [-0.2, -0.15) is 0 Å². The lowest BCUT2D eigenvalue weighted by molar-refractivity contribution is 0.414. The molecule has 0 amide bonds. The summed E-state index contributed by atoms with van der Waals surface area (Å²) in [5.74, 6) is 0.424. The quantitative estimate of drug-likeness (QED) is 0.832. The van der Waals surface area contributed by atoms with E-state index in [0.29, 0.717) is 11.1 Å². The molecule has 15 heavy (non-hydrogen) atoms. The number of rotatable bonds is 2. The van der Waals surface area contributed by atoms with Gasteiger partial charge in [0.2, 0.25) is 10.0 Å². The van der Waals surface area contributed by atoms with Gasteiger partial charge in [0.1, 0.15) is 10.6 Å². The van der Waals surface area contributed by atoms with Crippen LogP contribution in [-0.4, -0.2) is 15.5 Å². The van der Waals surface area contributed by atoms with Crippen LogP contribution in [0.3, 0.4) is 0 Å². The number of methoxy groups -OCH3 is 1. The molecule has 0 bridgehead atoms. The zero-order valence-electron chi connectivity index (χ0n) is 7.93. The lowest BCUT2D eigenvalue weighted by Gasteiger charge is -2.03. The molecule has 0 unspecified atom stereocenters. The number of fused-ring (bicyclic) bond motifs is 1. The molecular weight excluding hydrogens is 218 g/mol. The molecule has 1 aromatic carbocycles. The molecule has 2 rings (SSSR count). The molecule has 0 spiro atoms. The van der Waals surface area contributed by atoms with Gasteiger partial charge in [-0.3, -0.25) is 0 Å². The van der Waals surface area contributed by atoms with Crippen LogP contribution in [0.5, 0.6) is 5.75 Å². The van der Waals surface area contributed by atoms with Crippen molar-refractivity contribution in [2.45, 2.75) is 4.90 Å². The first-order valence-corrected chi connectivity index (χ1v) is 5.65. The van der Waals surface area contributed by atoms with E-state index in [2.05, 4.69) is 0 Å². The minimum absolute atomic E-state index is 0.0677. The predicted octanol–water partition coefficient (Wildman–Crippen LogP) is 1.09. The van der Waals surface area contributed by atoms with Gasteiger partial charge in [0.05, 0.1) is 13.4 Å². The van der Waals surface area contributed by atoms with Gasteiger partial charge in [0.15, 0.2) is 5.58 Å². The maximum Gasteiger partial charge on any atom is 0.241 e. The van der Waals surface area contributed by atoms with Gasteiger partial charge in [-0.15, -0.1) is 0 Å². The van der Waals surface area contributed by atoms with Gasteiger partial charge in [0.25, 0.3) is 0 Å². The topological polar surface area (TPSA) is 82.5 Å². The van der Waals surface area contributed by atoms with Gasteiger partial charge in [-0.1, -0.05) is 0 Å². The number of primary sulfonamides is 1. The summed E-state index contributed by atoms with van der Waals surface area (Å²) in [4.78, 5) is -0.0677. The highest BCUT2D eigenvalue weighted by Gasteiger charge is 2.16. The number of furan rings is 1. The van der Waals surface area contributed by atoms with Crippen LogP contribution in [0.2, 0.25) is 0 Å². The van der Waals surface area contributed by atoms with Gasteiger partial charge in [-0.05, 0) is 12.1 Å². The van der Waals surface area contributed by atoms with Crippen molar-refractivity contribution in [2.75, 3.05) is 7.11 Å². The second-order valence-electron chi connectivity index (χ2n) is 3.01. The zero-order chi connectivity index (χ0) is 11.1. The largest absolute Gasteiger partial charge is 0.497 e. The van der Waals surface area contributed by atoms with Crippen LogP contribution in [0.15, 0.2) is 33.8 Å². The molecule has 1 heterocycles. The zero-order valence-corrected chi connectivity index (χ0v) is 8.74. The highest BCUT2D eigenvalue weighted by Crippen LogP contribution is 2.28. The normalized spacial score (nSPS) is 11.9. The number of benzene rings is 1. The third-order valence-corrected chi connectivity index (χ3v) is 2.95. The van der Waals surface area contributed by atoms with E-state index in [1.807, 2.05) is 0 Å². The van der Waals surface area contributed by atoms with E-state index >= 15 is 0 Å². The van der Waals surface area contributed by atoms with E-state index in [1.165, 1.54) is 19.4 Å². The molecule has 0 saturated carbocycles. The SMILES string of the molecule is COc1cc(S(N)(=O)=O)c2occc2c1.